The maximum Gasteiger partial charge on any atom is 0.164 e. The highest BCUT2D eigenvalue weighted by Gasteiger charge is 2.22. The third-order valence-electron chi connectivity index (χ3n) is 5.14. The Morgan fingerprint density at radius 3 is 2.46 bits per heavy atom. The summed E-state index contributed by atoms with van der Waals surface area (Å²) >= 11 is 0. The summed E-state index contributed by atoms with van der Waals surface area (Å²) in [4.78, 5) is 6.02. The molecule has 0 unspecified atom stereocenters. The molecule has 2 heterocycles. The molecule has 5 nitrogen and oxygen atoms in total. The fraction of sp³-hybridized carbons (Fsp3) is 0.333. The molecule has 4 rings (SSSR count). The van der Waals surface area contributed by atoms with E-state index in [2.05, 4.69) is 34.1 Å². The van der Waals surface area contributed by atoms with Crippen molar-refractivity contribution in [2.24, 2.45) is 0 Å². The number of rotatable bonds is 5. The van der Waals surface area contributed by atoms with Gasteiger partial charge in [0.15, 0.2) is 11.5 Å². The van der Waals surface area contributed by atoms with Crippen LogP contribution in [0, 0.1) is 0 Å². The van der Waals surface area contributed by atoms with E-state index in [1.807, 2.05) is 12.1 Å². The highest BCUT2D eigenvalue weighted by molar-refractivity contribution is 5.84. The van der Waals surface area contributed by atoms with Crippen molar-refractivity contribution in [3.8, 4) is 17.2 Å². The lowest BCUT2D eigenvalue weighted by molar-refractivity contribution is 0.238. The molecule has 0 saturated carbocycles. The number of aromatic amines is 1. The third kappa shape index (κ3) is 2.88. The van der Waals surface area contributed by atoms with Crippen molar-refractivity contribution in [3.63, 3.8) is 0 Å². The van der Waals surface area contributed by atoms with Crippen LogP contribution in [-0.4, -0.2) is 37.8 Å². The van der Waals surface area contributed by atoms with Crippen LogP contribution in [0.4, 0.5) is 0 Å². The fourth-order valence-electron chi connectivity index (χ4n) is 3.84. The summed E-state index contributed by atoms with van der Waals surface area (Å²) in [7, 11) is 4.99. The number of nitrogens with zero attached hydrogens (tertiary/aromatic N) is 1. The van der Waals surface area contributed by atoms with Gasteiger partial charge < -0.3 is 19.2 Å². The van der Waals surface area contributed by atoms with Gasteiger partial charge in [0.25, 0.3) is 0 Å². The Morgan fingerprint density at radius 2 is 1.69 bits per heavy atom. The van der Waals surface area contributed by atoms with Gasteiger partial charge in [-0.05, 0) is 24.1 Å². The first-order valence-corrected chi connectivity index (χ1v) is 8.83. The molecular formula is C21H24N2O3. The molecule has 0 saturated heterocycles. The van der Waals surface area contributed by atoms with Gasteiger partial charge in [-0.25, -0.2) is 0 Å². The molecule has 0 radical (unpaired) electrons. The van der Waals surface area contributed by atoms with E-state index in [9.17, 15) is 0 Å². The molecule has 0 atom stereocenters. The van der Waals surface area contributed by atoms with Crippen LogP contribution in [0.3, 0.4) is 0 Å². The van der Waals surface area contributed by atoms with Crippen LogP contribution in [0.25, 0.3) is 10.9 Å². The maximum atomic E-state index is 5.58. The van der Waals surface area contributed by atoms with E-state index in [1.54, 1.807) is 21.3 Å². The molecule has 5 heteroatoms. The Morgan fingerprint density at radius 1 is 0.962 bits per heavy atom. The van der Waals surface area contributed by atoms with Crippen LogP contribution in [0.2, 0.25) is 0 Å². The quantitative estimate of drug-likeness (QED) is 0.760. The van der Waals surface area contributed by atoms with Crippen molar-refractivity contribution in [1.29, 1.82) is 0 Å². The molecule has 0 spiro atoms. The number of ether oxygens (including phenoxy) is 3. The predicted molar refractivity (Wildman–Crippen MR) is 102 cm³/mol. The summed E-state index contributed by atoms with van der Waals surface area (Å²) in [6.45, 7) is 2.73. The lowest BCUT2D eigenvalue weighted by atomic mass is 10.0. The second-order valence-corrected chi connectivity index (χ2v) is 6.61. The summed E-state index contributed by atoms with van der Waals surface area (Å²) in [6, 6.07) is 12.5. The number of nitrogens with one attached hydrogen (secondary N) is 1. The molecule has 0 bridgehead atoms. The Balaban J connectivity index is 1.60. The van der Waals surface area contributed by atoms with E-state index in [-0.39, 0.29) is 0 Å². The first-order valence-electron chi connectivity index (χ1n) is 8.83. The van der Waals surface area contributed by atoms with Crippen LogP contribution in [0.15, 0.2) is 36.4 Å². The number of hydrogen-bond donors (Lipinski definition) is 1. The second kappa shape index (κ2) is 6.92. The average molecular weight is 352 g/mol. The lowest BCUT2D eigenvalue weighted by Crippen LogP contribution is -2.30. The van der Waals surface area contributed by atoms with Gasteiger partial charge in [-0.3, -0.25) is 4.90 Å². The molecule has 0 fully saturated rings. The Hall–Kier alpha value is -2.66. The molecular weight excluding hydrogens is 328 g/mol. The van der Waals surface area contributed by atoms with E-state index >= 15 is 0 Å². The van der Waals surface area contributed by atoms with Crippen LogP contribution >= 0.6 is 0 Å². The molecule has 26 heavy (non-hydrogen) atoms. The van der Waals surface area contributed by atoms with Gasteiger partial charge in [0.05, 0.1) is 21.3 Å². The molecule has 2 aromatic carbocycles. The first-order chi connectivity index (χ1) is 12.7. The Labute approximate surface area is 153 Å². The normalized spacial score (nSPS) is 14.3. The van der Waals surface area contributed by atoms with Crippen molar-refractivity contribution in [1.82, 2.24) is 9.88 Å². The zero-order chi connectivity index (χ0) is 18.1. The van der Waals surface area contributed by atoms with E-state index < -0.39 is 0 Å². The van der Waals surface area contributed by atoms with Gasteiger partial charge in [0.2, 0.25) is 0 Å². The Bertz CT molecular complexity index is 932. The molecule has 136 valence electrons. The summed E-state index contributed by atoms with van der Waals surface area (Å²) in [5, 5.41) is 1.35. The minimum Gasteiger partial charge on any atom is -0.496 e. The topological polar surface area (TPSA) is 46.7 Å². The molecule has 3 aromatic rings. The maximum absolute atomic E-state index is 5.58. The zero-order valence-electron chi connectivity index (χ0n) is 15.5. The number of H-pyrrole nitrogens is 1. The molecule has 0 amide bonds. The highest BCUT2D eigenvalue weighted by atomic mass is 16.5. The largest absolute Gasteiger partial charge is 0.496 e. The van der Waals surface area contributed by atoms with E-state index in [0.29, 0.717) is 5.75 Å². The van der Waals surface area contributed by atoms with Crippen molar-refractivity contribution < 1.29 is 14.2 Å². The monoisotopic (exact) mass is 352 g/mol. The number of methoxy groups -OCH3 is 3. The molecule has 1 aliphatic heterocycles. The number of para-hydroxylation sites is 1. The summed E-state index contributed by atoms with van der Waals surface area (Å²) in [6.07, 6.45) is 1.05. The first kappa shape index (κ1) is 16.8. The molecule has 1 aliphatic rings. The smallest absolute Gasteiger partial charge is 0.164 e. The minimum atomic E-state index is 0.685. The number of benzene rings is 2. The number of fused-ring (bicyclic) bond motifs is 3. The minimum absolute atomic E-state index is 0.685. The number of aromatic nitrogens is 1. The van der Waals surface area contributed by atoms with E-state index in [4.69, 9.17) is 14.2 Å². The van der Waals surface area contributed by atoms with Crippen molar-refractivity contribution in [3.05, 3.63) is 53.2 Å². The van der Waals surface area contributed by atoms with Crippen molar-refractivity contribution >= 4 is 10.9 Å². The van der Waals surface area contributed by atoms with Crippen LogP contribution < -0.4 is 14.2 Å². The predicted octanol–water partition coefficient (Wildman–Crippen LogP) is 3.75. The van der Waals surface area contributed by atoms with Crippen molar-refractivity contribution in [2.45, 2.75) is 19.5 Å². The van der Waals surface area contributed by atoms with Crippen LogP contribution in [-0.2, 0) is 19.5 Å². The highest BCUT2D eigenvalue weighted by Crippen LogP contribution is 2.36. The molecule has 0 aliphatic carbocycles. The van der Waals surface area contributed by atoms with Gasteiger partial charge in [0, 0.05) is 47.9 Å². The van der Waals surface area contributed by atoms with Crippen molar-refractivity contribution in [2.75, 3.05) is 27.9 Å². The summed E-state index contributed by atoms with van der Waals surface area (Å²) in [5.41, 5.74) is 5.10. The van der Waals surface area contributed by atoms with Gasteiger partial charge in [0.1, 0.15) is 5.75 Å². The lowest BCUT2D eigenvalue weighted by Gasteiger charge is -2.28. The van der Waals surface area contributed by atoms with Crippen LogP contribution in [0.5, 0.6) is 17.2 Å². The molecule has 1 N–H and O–H groups in total. The fourth-order valence-corrected chi connectivity index (χ4v) is 3.84. The Kier molecular flexibility index (Phi) is 4.47. The molecule has 1 aromatic heterocycles. The SMILES string of the molecule is COc1cc(OC)c(OC)cc1CN1CCc2c([nH]c3ccccc23)C1. The summed E-state index contributed by atoms with van der Waals surface area (Å²) < 4.78 is 16.4. The average Bonchev–Trinajstić information content (AvgIpc) is 3.05. The van der Waals surface area contributed by atoms with Gasteiger partial charge in [-0.1, -0.05) is 18.2 Å². The van der Waals surface area contributed by atoms with Gasteiger partial charge >= 0.3 is 0 Å². The zero-order valence-corrected chi connectivity index (χ0v) is 15.5. The standard InChI is InChI=1S/C21H24N2O3/c1-24-19-11-21(26-3)20(25-2)10-14(19)12-23-9-8-16-15-6-4-5-7-17(15)22-18(16)13-23/h4-7,10-11,22H,8-9,12-13H2,1-3H3. The van der Waals surface area contributed by atoms with Gasteiger partial charge in [-0.15, -0.1) is 0 Å². The second-order valence-electron chi connectivity index (χ2n) is 6.61. The number of hydrogen-bond acceptors (Lipinski definition) is 4. The van der Waals surface area contributed by atoms with E-state index in [1.165, 1.54) is 22.2 Å². The van der Waals surface area contributed by atoms with Crippen LogP contribution in [0.1, 0.15) is 16.8 Å². The third-order valence-corrected chi connectivity index (χ3v) is 5.14. The van der Waals surface area contributed by atoms with E-state index in [0.717, 1.165) is 43.1 Å². The van der Waals surface area contributed by atoms with Gasteiger partial charge in [-0.2, -0.15) is 0 Å². The summed E-state index contributed by atoms with van der Waals surface area (Å²) in [5.74, 6) is 2.24.